The van der Waals surface area contributed by atoms with Crippen LogP contribution in [0.4, 0.5) is 4.39 Å². The van der Waals surface area contributed by atoms with Crippen LogP contribution < -0.4 is 15.8 Å². The summed E-state index contributed by atoms with van der Waals surface area (Å²) >= 11 is 5.66. The number of rotatable bonds is 4. The van der Waals surface area contributed by atoms with Crippen LogP contribution in [0.1, 0.15) is 5.56 Å². The first-order chi connectivity index (χ1) is 15.2. The third-order valence-electron chi connectivity index (χ3n) is 5.05. The first-order valence-electron chi connectivity index (χ1n) is 9.09. The summed E-state index contributed by atoms with van der Waals surface area (Å²) in [5.74, 6) is -3.73. The van der Waals surface area contributed by atoms with Gasteiger partial charge >= 0.3 is 13.5 Å². The van der Waals surface area contributed by atoms with E-state index in [0.717, 1.165) is 0 Å². The summed E-state index contributed by atoms with van der Waals surface area (Å²) in [6.45, 7) is -0.277. The lowest BCUT2D eigenvalue weighted by Gasteiger charge is -2.42. The molecule has 2 aromatic rings. The molecule has 2 aliphatic heterocycles. The molecule has 168 valence electrons. The maximum Gasteiger partial charge on any atom is 0.529 e. The number of fused-ring (bicyclic) bond motifs is 1. The van der Waals surface area contributed by atoms with Crippen molar-refractivity contribution in [1.29, 1.82) is 0 Å². The topological polar surface area (TPSA) is 149 Å². The third-order valence-corrected chi connectivity index (χ3v) is 6.71. The van der Waals surface area contributed by atoms with Gasteiger partial charge in [0.15, 0.2) is 0 Å². The minimum Gasteiger partial charge on any atom is -0.404 e. The van der Waals surface area contributed by atoms with Crippen molar-refractivity contribution in [3.05, 3.63) is 61.9 Å². The zero-order chi connectivity index (χ0) is 24.4. The molecule has 0 amide bonds. The average molecular weight is 494 g/mol. The Labute approximate surface area is 193 Å². The highest BCUT2D eigenvalue weighted by molar-refractivity contribution is 7.49. The Morgan fingerprint density at radius 1 is 1.30 bits per heavy atom. The van der Waals surface area contributed by atoms with E-state index < -0.39 is 53.2 Å². The fourth-order valence-electron chi connectivity index (χ4n) is 3.30. The first kappa shape index (κ1) is 24.3. The summed E-state index contributed by atoms with van der Waals surface area (Å²) in [6, 6.07) is 6.24. The van der Waals surface area contributed by atoms with E-state index in [2.05, 4.69) is 0 Å². The zero-order valence-corrected chi connectivity index (χ0v) is 18.0. The number of alkyl halides is 1. The highest BCUT2D eigenvalue weighted by Crippen LogP contribution is 2.59. The van der Waals surface area contributed by atoms with E-state index in [1.54, 1.807) is 23.2 Å². The van der Waals surface area contributed by atoms with Crippen LogP contribution in [0.2, 0.25) is 5.02 Å². The number of hydrogen-bond donors (Lipinski definition) is 3. The second-order valence-electron chi connectivity index (χ2n) is 7.30. The molecule has 0 aliphatic carbocycles. The van der Waals surface area contributed by atoms with Crippen molar-refractivity contribution in [2.24, 2.45) is 0 Å². The van der Waals surface area contributed by atoms with Crippen molar-refractivity contribution in [3.8, 4) is 5.75 Å². The molecule has 1 aromatic heterocycles. The molecule has 6 radical (unpaired) electrons. The summed E-state index contributed by atoms with van der Waals surface area (Å²) in [5.41, 5.74) is -4.71. The molecule has 33 heavy (non-hydrogen) atoms. The molecular formula is C16H12B3ClFN2O9P. The number of aliphatic hydroxyl groups excluding tert-OH is 2. The first-order valence-corrected chi connectivity index (χ1v) is 10.9. The van der Waals surface area contributed by atoms with E-state index in [9.17, 15) is 24.4 Å². The van der Waals surface area contributed by atoms with Gasteiger partial charge in [0.1, 0.15) is 52.1 Å². The standard InChI is InChI=1S/C16H12B3ClFN2O9P/c17-15(23-5-8(20)12(26)22-13(23)27)11(25)10(24)14(21,31-15)16(18,19)32-33(28)29-6-7-3-1-2-4-9(7)30-33/h1-5,10-11,24-25H,6H2,(H,22,26,27)/t10-,11+,14-,15-,33?/m0/s1. The van der Waals surface area contributed by atoms with Crippen LogP contribution in [-0.2, 0) is 30.6 Å². The predicted molar refractivity (Wildman–Crippen MR) is 112 cm³/mol. The largest absolute Gasteiger partial charge is 0.529 e. The van der Waals surface area contributed by atoms with Crippen molar-refractivity contribution in [3.63, 3.8) is 0 Å². The van der Waals surface area contributed by atoms with Crippen molar-refractivity contribution in [2.45, 2.75) is 35.7 Å². The van der Waals surface area contributed by atoms with Gasteiger partial charge in [0.05, 0.1) is 12.0 Å². The van der Waals surface area contributed by atoms with E-state index in [1.165, 1.54) is 6.07 Å². The predicted octanol–water partition coefficient (Wildman–Crippen LogP) is -0.889. The quantitative estimate of drug-likeness (QED) is 0.364. The third kappa shape index (κ3) is 3.81. The van der Waals surface area contributed by atoms with E-state index in [-0.39, 0.29) is 12.4 Å². The number of phosphoric ester groups is 1. The monoisotopic (exact) mass is 494 g/mol. The molecule has 0 saturated carbocycles. The maximum absolute atomic E-state index is 15.9. The zero-order valence-electron chi connectivity index (χ0n) is 16.4. The molecule has 17 heteroatoms. The number of para-hydroxylation sites is 1. The van der Waals surface area contributed by atoms with Crippen LogP contribution in [0.25, 0.3) is 0 Å². The van der Waals surface area contributed by atoms with Gasteiger partial charge in [-0.2, -0.15) is 0 Å². The number of benzene rings is 1. The van der Waals surface area contributed by atoms with Crippen LogP contribution in [-0.4, -0.2) is 66.8 Å². The molecule has 3 N–H and O–H groups in total. The van der Waals surface area contributed by atoms with Gasteiger partial charge in [-0.3, -0.25) is 23.4 Å². The van der Waals surface area contributed by atoms with Gasteiger partial charge in [-0.15, -0.1) is 0 Å². The number of ether oxygens (including phenoxy) is 1. The van der Waals surface area contributed by atoms with Gasteiger partial charge in [0.25, 0.3) is 11.4 Å². The number of nitrogens with one attached hydrogen (secondary N) is 1. The van der Waals surface area contributed by atoms with Gasteiger partial charge in [-0.25, -0.2) is 13.8 Å². The molecule has 0 bridgehead atoms. The lowest BCUT2D eigenvalue weighted by molar-refractivity contribution is -0.240. The van der Waals surface area contributed by atoms with Crippen molar-refractivity contribution < 1.29 is 37.5 Å². The molecule has 1 fully saturated rings. The molecule has 1 saturated heterocycles. The van der Waals surface area contributed by atoms with Crippen molar-refractivity contribution in [1.82, 2.24) is 9.55 Å². The summed E-state index contributed by atoms with van der Waals surface area (Å²) < 4.78 is 49.1. The maximum atomic E-state index is 15.9. The molecule has 1 unspecified atom stereocenters. The number of phosphoric acid groups is 1. The summed E-state index contributed by atoms with van der Waals surface area (Å²) in [4.78, 5) is 25.4. The number of halogens is 2. The Kier molecular flexibility index (Phi) is 5.77. The highest BCUT2D eigenvalue weighted by atomic mass is 35.5. The second kappa shape index (κ2) is 7.84. The van der Waals surface area contributed by atoms with E-state index in [4.69, 9.17) is 53.4 Å². The number of aliphatic hydroxyl groups is 2. The van der Waals surface area contributed by atoms with E-state index in [1.807, 2.05) is 0 Å². The van der Waals surface area contributed by atoms with Gasteiger partial charge in [-0.05, 0) is 6.07 Å². The lowest BCUT2D eigenvalue weighted by Crippen LogP contribution is -2.60. The van der Waals surface area contributed by atoms with Gasteiger partial charge in [-0.1, -0.05) is 29.8 Å². The van der Waals surface area contributed by atoms with Crippen LogP contribution in [0, 0.1) is 0 Å². The number of H-pyrrole nitrogens is 1. The lowest BCUT2D eigenvalue weighted by atomic mass is 9.59. The number of nitrogens with zero attached hydrogens (tertiary/aromatic N) is 1. The summed E-state index contributed by atoms with van der Waals surface area (Å²) in [7, 11) is 12.5. The summed E-state index contributed by atoms with van der Waals surface area (Å²) in [5, 5.41) is 16.9. The average Bonchev–Trinajstić information content (AvgIpc) is 2.91. The SMILES string of the molecule is [B]C([B])(OP1(=O)OCc2ccccc2O1)[C@@]1(F)O[C@@]([B])(n2cc(Cl)c(=O)[nH]c2=O)[C@H](O)[C@@H]1O. The van der Waals surface area contributed by atoms with Crippen LogP contribution in [0.15, 0.2) is 40.1 Å². The Bertz CT molecular complexity index is 1280. The number of aromatic nitrogens is 2. The van der Waals surface area contributed by atoms with Crippen LogP contribution >= 0.6 is 19.4 Å². The van der Waals surface area contributed by atoms with E-state index >= 15 is 4.39 Å². The van der Waals surface area contributed by atoms with Gasteiger partial charge < -0.3 is 19.5 Å². The molecule has 3 heterocycles. The van der Waals surface area contributed by atoms with Gasteiger partial charge in [0.2, 0.25) is 0 Å². The second-order valence-corrected chi connectivity index (χ2v) is 9.22. The number of hydrogen-bond acceptors (Lipinski definition) is 9. The Morgan fingerprint density at radius 3 is 2.67 bits per heavy atom. The normalized spacial score (nSPS) is 33.9. The fourth-order valence-corrected chi connectivity index (χ4v) is 4.80. The molecule has 1 aromatic carbocycles. The van der Waals surface area contributed by atoms with Crippen LogP contribution in [0.3, 0.4) is 0 Å². The smallest absolute Gasteiger partial charge is 0.404 e. The Balaban J connectivity index is 1.68. The molecule has 11 nitrogen and oxygen atoms in total. The highest BCUT2D eigenvalue weighted by Gasteiger charge is 2.69. The van der Waals surface area contributed by atoms with Crippen molar-refractivity contribution >= 4 is 43.0 Å². The Hall–Kier alpha value is -1.86. The van der Waals surface area contributed by atoms with Gasteiger partial charge in [0, 0.05) is 11.8 Å². The molecular weight excluding hydrogens is 482 g/mol. The van der Waals surface area contributed by atoms with E-state index in [0.29, 0.717) is 16.3 Å². The molecule has 2 aliphatic rings. The fraction of sp³-hybridized carbons (Fsp3) is 0.375. The molecule has 4 rings (SSSR count). The minimum atomic E-state index is -4.69. The number of aromatic amines is 1. The van der Waals surface area contributed by atoms with Crippen LogP contribution in [0.5, 0.6) is 5.75 Å². The molecule has 5 atom stereocenters. The minimum absolute atomic E-state index is 0.0753. The summed E-state index contributed by atoms with van der Waals surface area (Å²) in [6.07, 6.45) is -4.46. The van der Waals surface area contributed by atoms with Crippen molar-refractivity contribution in [2.75, 3.05) is 0 Å². The molecule has 0 spiro atoms. The Morgan fingerprint density at radius 2 is 1.97 bits per heavy atom.